The first-order valence-electron chi connectivity index (χ1n) is 5.44. The Labute approximate surface area is 109 Å². The molecule has 0 saturated heterocycles. The van der Waals surface area contributed by atoms with Gasteiger partial charge in [-0.25, -0.2) is 0 Å². The highest BCUT2D eigenvalue weighted by molar-refractivity contribution is 7.80. The minimum atomic E-state index is 0.522. The molecule has 3 heteroatoms. The Bertz CT molecular complexity index is 377. The van der Waals surface area contributed by atoms with E-state index < -0.39 is 0 Å². The van der Waals surface area contributed by atoms with E-state index in [0.717, 1.165) is 34.1 Å². The summed E-state index contributed by atoms with van der Waals surface area (Å²) in [5.41, 5.74) is 3.44. The van der Waals surface area contributed by atoms with Gasteiger partial charge < -0.3 is 4.74 Å². The Morgan fingerprint density at radius 2 is 2.06 bits per heavy atom. The van der Waals surface area contributed by atoms with Crippen molar-refractivity contribution in [2.75, 3.05) is 12.9 Å². The van der Waals surface area contributed by atoms with E-state index in [2.05, 4.69) is 19.6 Å². The molecule has 0 saturated carbocycles. The maximum absolute atomic E-state index is 6.20. The second-order valence-electron chi connectivity index (χ2n) is 4.30. The SMILES string of the molecule is COc1c(C)cc(Cl)c(C)c1CC(C)CS. The van der Waals surface area contributed by atoms with Gasteiger partial charge >= 0.3 is 0 Å². The Kier molecular flexibility index (Phi) is 5.00. The van der Waals surface area contributed by atoms with Gasteiger partial charge in [0.15, 0.2) is 0 Å². The molecule has 90 valence electrons. The van der Waals surface area contributed by atoms with Crippen molar-refractivity contribution in [3.63, 3.8) is 0 Å². The van der Waals surface area contributed by atoms with Gasteiger partial charge in [0.25, 0.3) is 0 Å². The molecule has 0 fully saturated rings. The summed E-state index contributed by atoms with van der Waals surface area (Å²) in [5, 5.41) is 0.819. The fraction of sp³-hybridized carbons (Fsp3) is 0.538. The molecule has 1 unspecified atom stereocenters. The van der Waals surface area contributed by atoms with Gasteiger partial charge in [0.1, 0.15) is 5.75 Å². The Morgan fingerprint density at radius 3 is 2.56 bits per heavy atom. The van der Waals surface area contributed by atoms with Gasteiger partial charge in [-0.05, 0) is 54.7 Å². The Balaban J connectivity index is 3.22. The van der Waals surface area contributed by atoms with Crippen LogP contribution in [-0.2, 0) is 6.42 Å². The van der Waals surface area contributed by atoms with Crippen LogP contribution in [0.2, 0.25) is 5.02 Å². The molecule has 0 bridgehead atoms. The maximum atomic E-state index is 6.20. The molecule has 0 aromatic heterocycles. The van der Waals surface area contributed by atoms with Crippen LogP contribution < -0.4 is 4.74 Å². The molecule has 0 heterocycles. The number of hydrogen-bond acceptors (Lipinski definition) is 2. The number of benzene rings is 1. The highest BCUT2D eigenvalue weighted by Gasteiger charge is 2.15. The third-order valence-corrected chi connectivity index (χ3v) is 3.87. The van der Waals surface area contributed by atoms with Gasteiger partial charge in [0.05, 0.1) is 7.11 Å². The van der Waals surface area contributed by atoms with E-state index in [1.165, 1.54) is 5.56 Å². The zero-order valence-electron chi connectivity index (χ0n) is 10.3. The summed E-state index contributed by atoms with van der Waals surface area (Å²) in [5.74, 6) is 2.36. The van der Waals surface area contributed by atoms with E-state index in [0.29, 0.717) is 5.92 Å². The first-order chi connectivity index (χ1) is 7.51. The fourth-order valence-electron chi connectivity index (χ4n) is 1.86. The number of aryl methyl sites for hydroxylation is 1. The van der Waals surface area contributed by atoms with E-state index in [-0.39, 0.29) is 0 Å². The molecule has 1 aromatic carbocycles. The van der Waals surface area contributed by atoms with Crippen LogP contribution in [0.1, 0.15) is 23.6 Å². The van der Waals surface area contributed by atoms with Crippen LogP contribution in [0.3, 0.4) is 0 Å². The van der Waals surface area contributed by atoms with Crippen LogP contribution in [0.4, 0.5) is 0 Å². The lowest BCUT2D eigenvalue weighted by Gasteiger charge is -2.18. The largest absolute Gasteiger partial charge is 0.496 e. The summed E-state index contributed by atoms with van der Waals surface area (Å²) in [6, 6.07) is 1.96. The molecule has 1 atom stereocenters. The van der Waals surface area contributed by atoms with Gasteiger partial charge in [-0.3, -0.25) is 0 Å². The van der Waals surface area contributed by atoms with Crippen LogP contribution >= 0.6 is 24.2 Å². The third-order valence-electron chi connectivity index (χ3n) is 2.85. The lowest BCUT2D eigenvalue weighted by molar-refractivity contribution is 0.403. The van der Waals surface area contributed by atoms with Crippen molar-refractivity contribution in [3.8, 4) is 5.75 Å². The van der Waals surface area contributed by atoms with Crippen LogP contribution in [0, 0.1) is 19.8 Å². The van der Waals surface area contributed by atoms with Crippen molar-refractivity contribution in [1.29, 1.82) is 0 Å². The normalized spacial score (nSPS) is 12.6. The van der Waals surface area contributed by atoms with Gasteiger partial charge in [0.2, 0.25) is 0 Å². The minimum Gasteiger partial charge on any atom is -0.496 e. The van der Waals surface area contributed by atoms with Crippen LogP contribution in [0.5, 0.6) is 5.75 Å². The van der Waals surface area contributed by atoms with Crippen molar-refractivity contribution < 1.29 is 4.74 Å². The zero-order valence-corrected chi connectivity index (χ0v) is 12.0. The third kappa shape index (κ3) is 2.86. The van der Waals surface area contributed by atoms with Crippen LogP contribution in [0.25, 0.3) is 0 Å². The zero-order chi connectivity index (χ0) is 12.3. The average molecular weight is 259 g/mol. The summed E-state index contributed by atoms with van der Waals surface area (Å²) in [4.78, 5) is 0. The second kappa shape index (κ2) is 5.83. The number of hydrogen-bond donors (Lipinski definition) is 1. The van der Waals surface area contributed by atoms with Crippen LogP contribution in [0.15, 0.2) is 6.07 Å². The second-order valence-corrected chi connectivity index (χ2v) is 5.08. The molecule has 0 N–H and O–H groups in total. The molecule has 0 amide bonds. The molecular weight excluding hydrogens is 240 g/mol. The lowest BCUT2D eigenvalue weighted by Crippen LogP contribution is -2.06. The molecule has 0 aliphatic rings. The van der Waals surface area contributed by atoms with Gasteiger partial charge in [-0.1, -0.05) is 18.5 Å². The van der Waals surface area contributed by atoms with Gasteiger partial charge in [0, 0.05) is 5.02 Å². The summed E-state index contributed by atoms with van der Waals surface area (Å²) in [6.07, 6.45) is 0.958. The summed E-state index contributed by atoms with van der Waals surface area (Å²) < 4.78 is 5.47. The Hall–Kier alpha value is -0.340. The van der Waals surface area contributed by atoms with Gasteiger partial charge in [-0.15, -0.1) is 0 Å². The first kappa shape index (κ1) is 13.7. The highest BCUT2D eigenvalue weighted by atomic mass is 35.5. The first-order valence-corrected chi connectivity index (χ1v) is 6.45. The van der Waals surface area contributed by atoms with E-state index in [4.69, 9.17) is 16.3 Å². The van der Waals surface area contributed by atoms with Crippen molar-refractivity contribution in [3.05, 3.63) is 27.8 Å². The molecular formula is C13H19ClOS. The fourth-order valence-corrected chi connectivity index (χ4v) is 2.27. The maximum Gasteiger partial charge on any atom is 0.125 e. The molecule has 0 aliphatic carbocycles. The van der Waals surface area contributed by atoms with E-state index in [1.807, 2.05) is 19.9 Å². The number of methoxy groups -OCH3 is 1. The van der Waals surface area contributed by atoms with Crippen molar-refractivity contribution in [2.45, 2.75) is 27.2 Å². The summed E-state index contributed by atoms with van der Waals surface area (Å²) >= 11 is 10.5. The smallest absolute Gasteiger partial charge is 0.125 e. The standard InChI is InChI=1S/C13H19ClOS/c1-8(7-16)5-11-10(3)12(14)6-9(2)13(11)15-4/h6,8,16H,5,7H2,1-4H3. The van der Waals surface area contributed by atoms with Crippen molar-refractivity contribution >= 4 is 24.2 Å². The summed E-state index contributed by atoms with van der Waals surface area (Å²) in [6.45, 7) is 6.26. The van der Waals surface area contributed by atoms with E-state index in [9.17, 15) is 0 Å². The highest BCUT2D eigenvalue weighted by Crippen LogP contribution is 2.33. The van der Waals surface area contributed by atoms with Crippen molar-refractivity contribution in [2.24, 2.45) is 5.92 Å². The average Bonchev–Trinajstić information content (AvgIpc) is 2.25. The lowest BCUT2D eigenvalue weighted by atomic mass is 9.95. The topological polar surface area (TPSA) is 9.23 Å². The number of halogens is 1. The van der Waals surface area contributed by atoms with E-state index >= 15 is 0 Å². The molecule has 16 heavy (non-hydrogen) atoms. The molecule has 0 aliphatic heterocycles. The number of thiol groups is 1. The van der Waals surface area contributed by atoms with Gasteiger partial charge in [-0.2, -0.15) is 12.6 Å². The number of rotatable bonds is 4. The predicted molar refractivity (Wildman–Crippen MR) is 74.2 cm³/mol. The predicted octanol–water partition coefficient (Wildman–Crippen LogP) is 4.07. The van der Waals surface area contributed by atoms with Crippen LogP contribution in [-0.4, -0.2) is 12.9 Å². The quantitative estimate of drug-likeness (QED) is 0.801. The molecule has 1 nitrogen and oxygen atoms in total. The monoisotopic (exact) mass is 258 g/mol. The molecule has 1 aromatic rings. The van der Waals surface area contributed by atoms with Crippen molar-refractivity contribution in [1.82, 2.24) is 0 Å². The van der Waals surface area contributed by atoms with E-state index in [1.54, 1.807) is 7.11 Å². The molecule has 0 radical (unpaired) electrons. The minimum absolute atomic E-state index is 0.522. The molecule has 1 rings (SSSR count). The summed E-state index contributed by atoms with van der Waals surface area (Å²) in [7, 11) is 1.71. The Morgan fingerprint density at radius 1 is 1.44 bits per heavy atom. The molecule has 0 spiro atoms. The number of ether oxygens (including phenoxy) is 1.